The van der Waals surface area contributed by atoms with Crippen LogP contribution in [0.25, 0.3) is 0 Å². The second-order valence-electron chi connectivity index (χ2n) is 5.58. The van der Waals surface area contributed by atoms with Crippen molar-refractivity contribution in [3.8, 4) is 0 Å². The van der Waals surface area contributed by atoms with Crippen LogP contribution in [-0.2, 0) is 4.79 Å². The van der Waals surface area contributed by atoms with Crippen LogP contribution >= 0.6 is 23.2 Å². The van der Waals surface area contributed by atoms with Gasteiger partial charge in [0.25, 0.3) is 11.8 Å². The van der Waals surface area contributed by atoms with Crippen LogP contribution in [0.3, 0.4) is 0 Å². The van der Waals surface area contributed by atoms with Gasteiger partial charge in [0.15, 0.2) is 0 Å². The van der Waals surface area contributed by atoms with E-state index in [-0.39, 0.29) is 16.5 Å². The quantitative estimate of drug-likeness (QED) is 0.443. The van der Waals surface area contributed by atoms with Gasteiger partial charge >= 0.3 is 0 Å². The van der Waals surface area contributed by atoms with Gasteiger partial charge in [-0.3, -0.25) is 9.59 Å². The molecule has 0 aliphatic carbocycles. The molecule has 0 aliphatic rings. The van der Waals surface area contributed by atoms with Crippen molar-refractivity contribution >= 4 is 46.4 Å². The predicted molar refractivity (Wildman–Crippen MR) is 106 cm³/mol. The normalized spacial score (nSPS) is 11.0. The van der Waals surface area contributed by atoms with E-state index in [1.807, 2.05) is 6.07 Å². The average Bonchev–Trinajstić information content (AvgIpc) is 2.61. The third-order valence-electron chi connectivity index (χ3n) is 3.42. The molecule has 2 N–H and O–H groups in total. The SMILES string of the molecule is C=C(C)C(=O)Nc1cccc(/C(C)=N/NC(=O)c2cc(Cl)ccc2Cl)c1. The minimum atomic E-state index is -0.469. The summed E-state index contributed by atoms with van der Waals surface area (Å²) in [5.41, 5.74) is 4.99. The zero-order valence-corrected chi connectivity index (χ0v) is 15.8. The number of anilines is 1. The summed E-state index contributed by atoms with van der Waals surface area (Å²) in [4.78, 5) is 23.9. The highest BCUT2D eigenvalue weighted by molar-refractivity contribution is 6.35. The van der Waals surface area contributed by atoms with Crippen molar-refractivity contribution in [2.75, 3.05) is 5.32 Å². The topological polar surface area (TPSA) is 70.6 Å². The summed E-state index contributed by atoms with van der Waals surface area (Å²) in [6, 6.07) is 11.7. The molecule has 0 heterocycles. The lowest BCUT2D eigenvalue weighted by atomic mass is 10.1. The fraction of sp³-hybridized carbons (Fsp3) is 0.105. The number of carbonyl (C=O) groups is 2. The summed E-state index contributed by atoms with van der Waals surface area (Å²) < 4.78 is 0. The van der Waals surface area contributed by atoms with Gasteiger partial charge in [0.05, 0.1) is 16.3 Å². The zero-order chi connectivity index (χ0) is 19.3. The van der Waals surface area contributed by atoms with Crippen LogP contribution in [0.4, 0.5) is 5.69 Å². The van der Waals surface area contributed by atoms with Gasteiger partial charge in [0.1, 0.15) is 0 Å². The smallest absolute Gasteiger partial charge is 0.272 e. The fourth-order valence-electron chi connectivity index (χ4n) is 1.99. The second kappa shape index (κ2) is 8.65. The van der Waals surface area contributed by atoms with Gasteiger partial charge in [-0.2, -0.15) is 5.10 Å². The second-order valence-corrected chi connectivity index (χ2v) is 6.42. The average molecular weight is 390 g/mol. The molecule has 0 aliphatic heterocycles. The van der Waals surface area contributed by atoms with Gasteiger partial charge in [-0.1, -0.05) is 41.9 Å². The molecule has 2 aromatic rings. The molecular weight excluding hydrogens is 373 g/mol. The lowest BCUT2D eigenvalue weighted by Gasteiger charge is -2.08. The van der Waals surface area contributed by atoms with E-state index in [1.54, 1.807) is 44.2 Å². The number of hydrogen-bond donors (Lipinski definition) is 2. The Morgan fingerprint density at radius 3 is 2.50 bits per heavy atom. The van der Waals surface area contributed by atoms with Gasteiger partial charge in [0, 0.05) is 16.3 Å². The Balaban J connectivity index is 2.14. The molecule has 0 spiro atoms. The molecule has 2 aromatic carbocycles. The highest BCUT2D eigenvalue weighted by Gasteiger charge is 2.11. The van der Waals surface area contributed by atoms with Gasteiger partial charge in [-0.05, 0) is 49.7 Å². The lowest BCUT2D eigenvalue weighted by Crippen LogP contribution is -2.20. The summed E-state index contributed by atoms with van der Waals surface area (Å²) >= 11 is 11.9. The molecule has 0 fully saturated rings. The lowest BCUT2D eigenvalue weighted by molar-refractivity contribution is -0.112. The van der Waals surface area contributed by atoms with E-state index in [4.69, 9.17) is 23.2 Å². The summed E-state index contributed by atoms with van der Waals surface area (Å²) in [5.74, 6) is -0.732. The standard InChI is InChI=1S/C19H17Cl2N3O2/c1-11(2)18(25)22-15-6-4-5-13(9-15)12(3)23-24-19(26)16-10-14(20)7-8-17(16)21/h4-10H,1H2,2-3H3,(H,22,25)(H,24,26)/b23-12+. The molecule has 0 aromatic heterocycles. The Kier molecular flexibility index (Phi) is 6.55. The molecule has 134 valence electrons. The van der Waals surface area contributed by atoms with Crippen molar-refractivity contribution in [2.24, 2.45) is 5.10 Å². The Labute approximate surface area is 161 Å². The third kappa shape index (κ3) is 5.18. The Bertz CT molecular complexity index is 907. The molecule has 0 bridgehead atoms. The number of halogens is 2. The van der Waals surface area contributed by atoms with Gasteiger partial charge in [-0.15, -0.1) is 0 Å². The number of rotatable bonds is 5. The Morgan fingerprint density at radius 2 is 1.81 bits per heavy atom. The molecule has 7 heteroatoms. The first-order valence-electron chi connectivity index (χ1n) is 7.65. The zero-order valence-electron chi connectivity index (χ0n) is 14.3. The number of hydrogen-bond acceptors (Lipinski definition) is 3. The number of nitrogens with one attached hydrogen (secondary N) is 2. The van der Waals surface area contributed by atoms with Crippen molar-refractivity contribution < 1.29 is 9.59 Å². The van der Waals surface area contributed by atoms with E-state index in [9.17, 15) is 9.59 Å². The molecule has 0 unspecified atom stereocenters. The highest BCUT2D eigenvalue weighted by atomic mass is 35.5. The number of carbonyl (C=O) groups excluding carboxylic acids is 2. The minimum Gasteiger partial charge on any atom is -0.322 e. The van der Waals surface area contributed by atoms with Crippen LogP contribution in [0.5, 0.6) is 0 Å². The number of hydrazone groups is 1. The van der Waals surface area contributed by atoms with Crippen LogP contribution in [0, 0.1) is 0 Å². The molecular formula is C19H17Cl2N3O2. The summed E-state index contributed by atoms with van der Waals surface area (Å²) in [6.45, 7) is 6.96. The first kappa shape index (κ1) is 19.7. The maximum atomic E-state index is 12.2. The number of benzene rings is 2. The van der Waals surface area contributed by atoms with E-state index < -0.39 is 5.91 Å². The van der Waals surface area contributed by atoms with Crippen LogP contribution in [0.2, 0.25) is 10.0 Å². The molecule has 26 heavy (non-hydrogen) atoms. The van der Waals surface area contributed by atoms with Crippen LogP contribution in [0.1, 0.15) is 29.8 Å². The van der Waals surface area contributed by atoms with E-state index in [0.29, 0.717) is 22.0 Å². The molecule has 0 saturated carbocycles. The van der Waals surface area contributed by atoms with Crippen molar-refractivity contribution in [1.29, 1.82) is 0 Å². The fourth-order valence-corrected chi connectivity index (χ4v) is 2.37. The van der Waals surface area contributed by atoms with Crippen molar-refractivity contribution in [2.45, 2.75) is 13.8 Å². The third-order valence-corrected chi connectivity index (χ3v) is 3.99. The maximum Gasteiger partial charge on any atom is 0.272 e. The van der Waals surface area contributed by atoms with E-state index >= 15 is 0 Å². The first-order valence-corrected chi connectivity index (χ1v) is 8.40. The number of nitrogens with zero attached hydrogens (tertiary/aromatic N) is 1. The Hall–Kier alpha value is -2.63. The van der Waals surface area contributed by atoms with E-state index in [1.165, 1.54) is 6.07 Å². The summed E-state index contributed by atoms with van der Waals surface area (Å²) in [6.07, 6.45) is 0. The van der Waals surface area contributed by atoms with Crippen molar-refractivity contribution in [3.05, 3.63) is 75.8 Å². The molecule has 0 saturated heterocycles. The highest BCUT2D eigenvalue weighted by Crippen LogP contribution is 2.20. The van der Waals surface area contributed by atoms with Gasteiger partial charge in [-0.25, -0.2) is 5.43 Å². The molecule has 0 atom stereocenters. The molecule has 0 radical (unpaired) electrons. The van der Waals surface area contributed by atoms with Crippen LogP contribution in [0.15, 0.2) is 59.7 Å². The summed E-state index contributed by atoms with van der Waals surface area (Å²) in [5, 5.41) is 7.50. The molecule has 2 amide bonds. The van der Waals surface area contributed by atoms with Gasteiger partial charge in [0.2, 0.25) is 0 Å². The largest absolute Gasteiger partial charge is 0.322 e. The van der Waals surface area contributed by atoms with E-state index in [0.717, 1.165) is 5.56 Å². The Morgan fingerprint density at radius 1 is 1.08 bits per heavy atom. The van der Waals surface area contributed by atoms with E-state index in [2.05, 4.69) is 22.4 Å². The van der Waals surface area contributed by atoms with Gasteiger partial charge < -0.3 is 5.32 Å². The molecule has 5 nitrogen and oxygen atoms in total. The first-order chi connectivity index (χ1) is 12.3. The minimum absolute atomic E-state index is 0.234. The van der Waals surface area contributed by atoms with Crippen molar-refractivity contribution in [1.82, 2.24) is 5.43 Å². The molecule has 2 rings (SSSR count). The maximum absolute atomic E-state index is 12.2. The predicted octanol–water partition coefficient (Wildman–Crippen LogP) is 4.66. The van der Waals surface area contributed by atoms with Crippen LogP contribution in [-0.4, -0.2) is 17.5 Å². The number of amides is 2. The van der Waals surface area contributed by atoms with Crippen molar-refractivity contribution in [3.63, 3.8) is 0 Å². The van der Waals surface area contributed by atoms with Crippen LogP contribution < -0.4 is 10.7 Å². The summed E-state index contributed by atoms with van der Waals surface area (Å²) in [7, 11) is 0. The monoisotopic (exact) mass is 389 g/mol.